The zero-order valence-corrected chi connectivity index (χ0v) is 10.9. The van der Waals surface area contributed by atoms with Crippen LogP contribution in [0.15, 0.2) is 18.3 Å². The molecule has 1 heterocycles. The van der Waals surface area contributed by atoms with Crippen molar-refractivity contribution in [1.82, 2.24) is 4.98 Å². The molecule has 2 N–H and O–H groups in total. The average Bonchev–Trinajstić information content (AvgIpc) is 2.27. The van der Waals surface area contributed by atoms with Crippen LogP contribution < -0.4 is 5.32 Å². The van der Waals surface area contributed by atoms with Crippen molar-refractivity contribution in [1.29, 1.82) is 0 Å². The van der Waals surface area contributed by atoms with Crippen molar-refractivity contribution in [3.63, 3.8) is 0 Å². The zero-order valence-electron chi connectivity index (χ0n) is 10.9. The van der Waals surface area contributed by atoms with Crippen LogP contribution in [0.3, 0.4) is 0 Å². The molecule has 1 rings (SSSR count). The minimum absolute atomic E-state index is 0.0285. The standard InChI is InChI=1S/C13H18N2O3/c1-9(16)10-4-5-11(14-8-10)15-13(2,3)7-6-12(17)18/h4-5,8H,6-7H2,1-3H3,(H,14,15)(H,17,18). The van der Waals surface area contributed by atoms with E-state index >= 15 is 0 Å². The monoisotopic (exact) mass is 250 g/mol. The second kappa shape index (κ2) is 5.62. The third kappa shape index (κ3) is 4.53. The van der Waals surface area contributed by atoms with Crippen molar-refractivity contribution in [3.05, 3.63) is 23.9 Å². The van der Waals surface area contributed by atoms with E-state index in [1.54, 1.807) is 12.1 Å². The third-order valence-electron chi connectivity index (χ3n) is 2.60. The number of Topliss-reactive ketones (excluding diaryl/α,β-unsaturated/α-hetero) is 1. The molecule has 0 radical (unpaired) electrons. The van der Waals surface area contributed by atoms with Crippen molar-refractivity contribution < 1.29 is 14.7 Å². The van der Waals surface area contributed by atoms with Crippen LogP contribution >= 0.6 is 0 Å². The van der Waals surface area contributed by atoms with Crippen molar-refractivity contribution in [2.24, 2.45) is 0 Å². The van der Waals surface area contributed by atoms with Gasteiger partial charge in [0.1, 0.15) is 5.82 Å². The van der Waals surface area contributed by atoms with Crippen LogP contribution in [0.1, 0.15) is 44.0 Å². The van der Waals surface area contributed by atoms with E-state index in [-0.39, 0.29) is 17.7 Å². The van der Waals surface area contributed by atoms with Crippen molar-refractivity contribution in [3.8, 4) is 0 Å². The molecule has 0 saturated heterocycles. The number of carbonyl (C=O) groups excluding carboxylic acids is 1. The summed E-state index contributed by atoms with van der Waals surface area (Å²) < 4.78 is 0. The molecule has 0 aliphatic heterocycles. The number of carbonyl (C=O) groups is 2. The Kier molecular flexibility index (Phi) is 4.42. The number of aliphatic carboxylic acids is 1. The summed E-state index contributed by atoms with van der Waals surface area (Å²) in [5.41, 5.74) is 0.201. The number of aromatic nitrogens is 1. The van der Waals surface area contributed by atoms with E-state index in [2.05, 4.69) is 10.3 Å². The molecule has 5 heteroatoms. The first kappa shape index (κ1) is 14.2. The van der Waals surface area contributed by atoms with Gasteiger partial charge in [-0.15, -0.1) is 0 Å². The highest BCUT2D eigenvalue weighted by atomic mass is 16.4. The number of carboxylic acids is 1. The SMILES string of the molecule is CC(=O)c1ccc(NC(C)(C)CCC(=O)O)nc1. The number of rotatable bonds is 6. The molecule has 0 aliphatic carbocycles. The van der Waals surface area contributed by atoms with Crippen LogP contribution in [-0.4, -0.2) is 27.4 Å². The highest BCUT2D eigenvalue weighted by Gasteiger charge is 2.19. The fraction of sp³-hybridized carbons (Fsp3) is 0.462. The number of ketones is 1. The summed E-state index contributed by atoms with van der Waals surface area (Å²) in [5, 5.41) is 11.8. The molecule has 18 heavy (non-hydrogen) atoms. The van der Waals surface area contributed by atoms with Gasteiger partial charge in [0.25, 0.3) is 0 Å². The molecule has 0 aliphatic rings. The summed E-state index contributed by atoms with van der Waals surface area (Å²) >= 11 is 0. The average molecular weight is 250 g/mol. The van der Waals surface area contributed by atoms with Gasteiger partial charge < -0.3 is 10.4 Å². The Morgan fingerprint density at radius 3 is 2.50 bits per heavy atom. The normalized spacial score (nSPS) is 11.1. The third-order valence-corrected chi connectivity index (χ3v) is 2.60. The van der Waals surface area contributed by atoms with Gasteiger partial charge in [-0.2, -0.15) is 0 Å². The number of hydrogen-bond donors (Lipinski definition) is 2. The fourth-order valence-electron chi connectivity index (χ4n) is 1.50. The van der Waals surface area contributed by atoms with E-state index in [1.807, 2.05) is 13.8 Å². The minimum Gasteiger partial charge on any atom is -0.481 e. The highest BCUT2D eigenvalue weighted by Crippen LogP contribution is 2.18. The Bertz CT molecular complexity index is 438. The van der Waals surface area contributed by atoms with Crippen LogP contribution in [0.4, 0.5) is 5.82 Å². The Hall–Kier alpha value is -1.91. The Balaban J connectivity index is 2.65. The maximum atomic E-state index is 11.1. The van der Waals surface area contributed by atoms with Crippen LogP contribution in [0, 0.1) is 0 Å². The Morgan fingerprint density at radius 2 is 2.06 bits per heavy atom. The number of pyridine rings is 1. The van der Waals surface area contributed by atoms with Gasteiger partial charge in [-0.25, -0.2) is 4.98 Å². The summed E-state index contributed by atoms with van der Waals surface area (Å²) in [6, 6.07) is 3.42. The maximum absolute atomic E-state index is 11.1. The summed E-state index contributed by atoms with van der Waals surface area (Å²) in [6.07, 6.45) is 2.11. The first-order valence-electron chi connectivity index (χ1n) is 5.77. The molecule has 5 nitrogen and oxygen atoms in total. The molecular formula is C13H18N2O3. The van der Waals surface area contributed by atoms with Crippen molar-refractivity contribution in [2.45, 2.75) is 39.2 Å². The van der Waals surface area contributed by atoms with Gasteiger partial charge in [0.15, 0.2) is 5.78 Å². The summed E-state index contributed by atoms with van der Waals surface area (Å²) in [5.74, 6) is -0.209. The molecule has 0 atom stereocenters. The number of hydrogen-bond acceptors (Lipinski definition) is 4. The smallest absolute Gasteiger partial charge is 0.303 e. The summed E-state index contributed by atoms with van der Waals surface area (Å²) in [6.45, 7) is 5.31. The minimum atomic E-state index is -0.815. The fourth-order valence-corrected chi connectivity index (χ4v) is 1.50. The predicted molar refractivity (Wildman–Crippen MR) is 68.8 cm³/mol. The molecule has 98 valence electrons. The number of carboxylic acid groups (broad SMARTS) is 1. The van der Waals surface area contributed by atoms with E-state index in [4.69, 9.17) is 5.11 Å². The Morgan fingerprint density at radius 1 is 1.39 bits per heavy atom. The summed E-state index contributed by atoms with van der Waals surface area (Å²) in [4.78, 5) is 25.8. The highest BCUT2D eigenvalue weighted by molar-refractivity contribution is 5.93. The number of nitrogens with one attached hydrogen (secondary N) is 1. The van der Waals surface area contributed by atoms with E-state index in [9.17, 15) is 9.59 Å². The lowest BCUT2D eigenvalue weighted by molar-refractivity contribution is -0.137. The Labute approximate surface area is 106 Å². The second-order valence-electron chi connectivity index (χ2n) is 4.89. The molecule has 0 saturated carbocycles. The predicted octanol–water partition coefficient (Wildman–Crippen LogP) is 2.34. The lowest BCUT2D eigenvalue weighted by Gasteiger charge is -2.26. The number of anilines is 1. The van der Waals surface area contributed by atoms with Gasteiger partial charge in [-0.1, -0.05) is 0 Å². The summed E-state index contributed by atoms with van der Waals surface area (Å²) in [7, 11) is 0. The lowest BCUT2D eigenvalue weighted by Crippen LogP contribution is -2.32. The zero-order chi connectivity index (χ0) is 13.8. The van der Waals surface area contributed by atoms with Gasteiger partial charge in [0, 0.05) is 23.7 Å². The molecule has 0 unspecified atom stereocenters. The van der Waals surface area contributed by atoms with Crippen molar-refractivity contribution >= 4 is 17.6 Å². The molecule has 1 aromatic heterocycles. The molecule has 1 aromatic rings. The molecule has 0 aromatic carbocycles. The first-order chi connectivity index (χ1) is 8.30. The molecular weight excluding hydrogens is 232 g/mol. The van der Waals surface area contributed by atoms with Gasteiger partial charge >= 0.3 is 5.97 Å². The van der Waals surface area contributed by atoms with E-state index < -0.39 is 5.97 Å². The quantitative estimate of drug-likeness (QED) is 0.757. The van der Waals surface area contributed by atoms with E-state index in [0.717, 1.165) is 0 Å². The van der Waals surface area contributed by atoms with E-state index in [0.29, 0.717) is 17.8 Å². The van der Waals surface area contributed by atoms with Crippen molar-refractivity contribution in [2.75, 3.05) is 5.32 Å². The van der Waals surface area contributed by atoms with Crippen LogP contribution in [0.25, 0.3) is 0 Å². The largest absolute Gasteiger partial charge is 0.481 e. The molecule has 0 amide bonds. The van der Waals surface area contributed by atoms with Gasteiger partial charge in [-0.3, -0.25) is 9.59 Å². The lowest BCUT2D eigenvalue weighted by atomic mass is 9.98. The van der Waals surface area contributed by atoms with Crippen LogP contribution in [0.5, 0.6) is 0 Å². The van der Waals surface area contributed by atoms with E-state index in [1.165, 1.54) is 13.1 Å². The van der Waals surface area contributed by atoms with Crippen LogP contribution in [0.2, 0.25) is 0 Å². The molecule has 0 fully saturated rings. The maximum Gasteiger partial charge on any atom is 0.303 e. The van der Waals surface area contributed by atoms with Gasteiger partial charge in [-0.05, 0) is 39.3 Å². The van der Waals surface area contributed by atoms with Gasteiger partial charge in [0.05, 0.1) is 0 Å². The molecule has 0 bridgehead atoms. The second-order valence-corrected chi connectivity index (χ2v) is 4.89. The molecule has 0 spiro atoms. The first-order valence-corrected chi connectivity index (χ1v) is 5.77. The van der Waals surface area contributed by atoms with Crippen LogP contribution in [-0.2, 0) is 4.79 Å². The topological polar surface area (TPSA) is 79.3 Å². The number of nitrogens with zero attached hydrogens (tertiary/aromatic N) is 1. The van der Waals surface area contributed by atoms with Gasteiger partial charge in [0.2, 0.25) is 0 Å².